The maximum atomic E-state index is 14.2. The third-order valence-corrected chi connectivity index (χ3v) is 8.20. The molecule has 4 aromatic rings. The van der Waals surface area contributed by atoms with E-state index in [2.05, 4.69) is 10.6 Å². The van der Waals surface area contributed by atoms with Gasteiger partial charge in [0.05, 0.1) is 23.5 Å². The molecule has 6 rings (SSSR count). The molecule has 8 nitrogen and oxygen atoms in total. The smallest absolute Gasteiger partial charge is 0.287 e. The van der Waals surface area contributed by atoms with Gasteiger partial charge in [0.25, 0.3) is 5.91 Å². The van der Waals surface area contributed by atoms with E-state index in [9.17, 15) is 19.1 Å². The van der Waals surface area contributed by atoms with Crippen molar-refractivity contribution in [2.45, 2.75) is 56.2 Å². The monoisotopic (exact) mass is 544 g/mol. The lowest BCUT2D eigenvalue weighted by molar-refractivity contribution is -0.130. The first-order chi connectivity index (χ1) is 19.4. The number of carbonyl (C=O) groups excluding carboxylic acids is 2. The van der Waals surface area contributed by atoms with E-state index >= 15 is 0 Å². The van der Waals surface area contributed by atoms with Crippen molar-refractivity contribution in [3.63, 3.8) is 0 Å². The van der Waals surface area contributed by atoms with Gasteiger partial charge in [0.2, 0.25) is 5.91 Å². The van der Waals surface area contributed by atoms with Gasteiger partial charge in [-0.1, -0.05) is 37.5 Å². The third kappa shape index (κ3) is 5.09. The largest absolute Gasteiger partial charge is 0.451 e. The van der Waals surface area contributed by atoms with Crippen LogP contribution in [0.5, 0.6) is 0 Å². The summed E-state index contributed by atoms with van der Waals surface area (Å²) in [5.41, 5.74) is 1.04. The summed E-state index contributed by atoms with van der Waals surface area (Å²) >= 11 is 0. The Morgan fingerprint density at radius 2 is 1.75 bits per heavy atom. The minimum absolute atomic E-state index is 0.167. The average molecular weight is 545 g/mol. The molecule has 1 saturated heterocycles. The molecular weight excluding hydrogens is 511 g/mol. The van der Waals surface area contributed by atoms with Crippen LogP contribution in [-0.2, 0) is 4.79 Å². The quantitative estimate of drug-likeness (QED) is 0.331. The number of furan rings is 1. The predicted octanol–water partition coefficient (Wildman–Crippen LogP) is 4.55. The number of β-amino-alcohol motifs (C(OH)–C–C–N with tert-alkyl or cyclic N) is 1. The standard InChI is InChI=1S/C31H33FN4O4/c32-22-10-11-24(35-15-6-7-16-35)25(19-22)36-17-12-23(26(37)20-36)33-30(39)31(13-4-1-5-14-31)34-29(38)28-18-21-8-2-3-9-27(21)40-28/h2-3,6-11,15-16,18-19,23,26,37H,1,4-5,12-14,17,20H2,(H,33,39)(H,34,38). The molecule has 2 atom stereocenters. The SMILES string of the molecule is O=C(NC1(C(=O)NC2CCN(c3cc(F)ccc3-n3cccc3)CC2O)CCCCC1)c1cc2ccccc2o1. The van der Waals surface area contributed by atoms with Gasteiger partial charge >= 0.3 is 0 Å². The normalized spacial score (nSPS) is 20.8. The molecule has 3 N–H and O–H groups in total. The van der Waals surface area contributed by atoms with Crippen molar-refractivity contribution in [3.8, 4) is 5.69 Å². The van der Waals surface area contributed by atoms with Gasteiger partial charge in [-0.25, -0.2) is 4.39 Å². The molecule has 2 fully saturated rings. The molecule has 9 heteroatoms. The summed E-state index contributed by atoms with van der Waals surface area (Å²) in [6.07, 6.45) is 7.05. The molecule has 2 aliphatic rings. The number of piperidine rings is 1. The summed E-state index contributed by atoms with van der Waals surface area (Å²) in [6, 6.07) is 17.0. The summed E-state index contributed by atoms with van der Waals surface area (Å²) in [6.45, 7) is 0.763. The number of aromatic nitrogens is 1. The highest BCUT2D eigenvalue weighted by Crippen LogP contribution is 2.32. The van der Waals surface area contributed by atoms with Crippen LogP contribution in [-0.4, -0.2) is 52.3 Å². The van der Waals surface area contributed by atoms with Crippen molar-refractivity contribution >= 4 is 28.5 Å². The van der Waals surface area contributed by atoms with Crippen molar-refractivity contribution in [2.24, 2.45) is 0 Å². The molecule has 3 heterocycles. The van der Waals surface area contributed by atoms with Crippen LogP contribution in [0.25, 0.3) is 16.7 Å². The molecule has 2 aromatic heterocycles. The van der Waals surface area contributed by atoms with Gasteiger partial charge in [0.1, 0.15) is 16.9 Å². The Bertz CT molecular complexity index is 1480. The molecule has 1 aliphatic carbocycles. The second-order valence-corrected chi connectivity index (χ2v) is 10.9. The lowest BCUT2D eigenvalue weighted by Gasteiger charge is -2.41. The first-order valence-electron chi connectivity index (χ1n) is 13.9. The van der Waals surface area contributed by atoms with Crippen LogP contribution in [0.3, 0.4) is 0 Å². The Balaban J connectivity index is 1.16. The summed E-state index contributed by atoms with van der Waals surface area (Å²) in [7, 11) is 0. The number of fused-ring (bicyclic) bond motifs is 1. The molecule has 2 amide bonds. The Hall–Kier alpha value is -4.11. The maximum absolute atomic E-state index is 14.2. The van der Waals surface area contributed by atoms with Crippen LogP contribution >= 0.6 is 0 Å². The van der Waals surface area contributed by atoms with Gasteiger partial charge in [-0.2, -0.15) is 0 Å². The highest BCUT2D eigenvalue weighted by atomic mass is 19.1. The summed E-state index contributed by atoms with van der Waals surface area (Å²) < 4.78 is 21.9. The molecule has 0 spiro atoms. The van der Waals surface area contributed by atoms with E-state index in [0.29, 0.717) is 37.1 Å². The van der Waals surface area contributed by atoms with Crippen LogP contribution in [0.2, 0.25) is 0 Å². The number of anilines is 1. The Labute approximate surface area is 231 Å². The van der Waals surface area contributed by atoms with Crippen LogP contribution in [0.15, 0.2) is 77.5 Å². The van der Waals surface area contributed by atoms with Gasteiger partial charge in [-0.3, -0.25) is 9.59 Å². The molecule has 2 unspecified atom stereocenters. The number of hydrogen-bond acceptors (Lipinski definition) is 5. The molecule has 1 saturated carbocycles. The van der Waals surface area contributed by atoms with Crippen molar-refractivity contribution in [3.05, 3.63) is 84.6 Å². The first-order valence-corrected chi connectivity index (χ1v) is 13.9. The minimum Gasteiger partial charge on any atom is -0.451 e. The second-order valence-electron chi connectivity index (χ2n) is 10.9. The lowest BCUT2D eigenvalue weighted by Crippen LogP contribution is -2.64. The number of amides is 2. The minimum atomic E-state index is -1.07. The zero-order chi connectivity index (χ0) is 27.7. The van der Waals surface area contributed by atoms with Crippen molar-refractivity contribution in [1.82, 2.24) is 15.2 Å². The van der Waals surface area contributed by atoms with E-state index in [1.165, 1.54) is 12.1 Å². The number of nitrogens with zero attached hydrogens (tertiary/aromatic N) is 2. The van der Waals surface area contributed by atoms with Crippen LogP contribution < -0.4 is 15.5 Å². The number of aliphatic hydroxyl groups excluding tert-OH is 1. The van der Waals surface area contributed by atoms with Crippen LogP contribution in [0, 0.1) is 5.82 Å². The Morgan fingerprint density at radius 1 is 0.975 bits per heavy atom. The molecule has 208 valence electrons. The van der Waals surface area contributed by atoms with E-state index in [1.54, 1.807) is 18.2 Å². The van der Waals surface area contributed by atoms with Gasteiger partial charge in [-0.15, -0.1) is 0 Å². The number of carbonyl (C=O) groups is 2. The van der Waals surface area contributed by atoms with Crippen molar-refractivity contribution in [1.29, 1.82) is 0 Å². The fraction of sp³-hybridized carbons (Fsp3) is 0.355. The van der Waals surface area contributed by atoms with Crippen molar-refractivity contribution in [2.75, 3.05) is 18.0 Å². The number of para-hydroxylation sites is 1. The zero-order valence-corrected chi connectivity index (χ0v) is 22.2. The topological polar surface area (TPSA) is 99.7 Å². The fourth-order valence-electron chi connectivity index (χ4n) is 6.03. The highest BCUT2D eigenvalue weighted by molar-refractivity contribution is 6.00. The number of halogens is 1. The van der Waals surface area contributed by atoms with Gasteiger partial charge in [-0.05, 0) is 61.7 Å². The van der Waals surface area contributed by atoms with Crippen molar-refractivity contribution < 1.29 is 23.5 Å². The van der Waals surface area contributed by atoms with Crippen LogP contribution in [0.4, 0.5) is 10.1 Å². The zero-order valence-electron chi connectivity index (χ0n) is 22.2. The first kappa shape index (κ1) is 26.1. The summed E-state index contributed by atoms with van der Waals surface area (Å²) in [5, 5.41) is 18.0. The van der Waals surface area contributed by atoms with Gasteiger partial charge in [0.15, 0.2) is 5.76 Å². The molecule has 40 heavy (non-hydrogen) atoms. The molecule has 2 aromatic carbocycles. The summed E-state index contributed by atoms with van der Waals surface area (Å²) in [4.78, 5) is 28.9. The van der Waals surface area contributed by atoms with E-state index < -0.39 is 23.6 Å². The molecular formula is C31H33FN4O4. The van der Waals surface area contributed by atoms with E-state index in [-0.39, 0.29) is 24.0 Å². The lowest BCUT2D eigenvalue weighted by atomic mass is 9.80. The van der Waals surface area contributed by atoms with Gasteiger partial charge in [0, 0.05) is 30.9 Å². The second kappa shape index (κ2) is 10.8. The number of aliphatic hydroxyl groups is 1. The van der Waals surface area contributed by atoms with Gasteiger partial charge < -0.3 is 29.6 Å². The third-order valence-electron chi connectivity index (χ3n) is 8.20. The van der Waals surface area contributed by atoms with E-state index in [0.717, 1.165) is 30.3 Å². The predicted molar refractivity (Wildman–Crippen MR) is 150 cm³/mol. The number of hydrogen-bond donors (Lipinski definition) is 3. The average Bonchev–Trinajstić information content (AvgIpc) is 3.65. The molecule has 0 radical (unpaired) electrons. The Morgan fingerprint density at radius 3 is 2.50 bits per heavy atom. The van der Waals surface area contributed by atoms with Crippen LogP contribution in [0.1, 0.15) is 49.1 Å². The molecule has 0 bridgehead atoms. The summed E-state index contributed by atoms with van der Waals surface area (Å²) in [5.74, 6) is -0.892. The fourth-order valence-corrected chi connectivity index (χ4v) is 6.03. The van der Waals surface area contributed by atoms with E-state index in [4.69, 9.17) is 4.42 Å². The maximum Gasteiger partial charge on any atom is 0.287 e. The molecule has 1 aliphatic heterocycles. The number of benzene rings is 2. The highest BCUT2D eigenvalue weighted by Gasteiger charge is 2.43. The van der Waals surface area contributed by atoms with E-state index in [1.807, 2.05) is 52.2 Å². The Kier molecular flexibility index (Phi) is 7.06. The number of rotatable bonds is 6. The number of nitrogens with one attached hydrogen (secondary N) is 2.